The first kappa shape index (κ1) is 9.97. The lowest BCUT2D eigenvalue weighted by molar-refractivity contribution is -0.680. The van der Waals surface area contributed by atoms with Gasteiger partial charge in [-0.15, -0.1) is 0 Å². The van der Waals surface area contributed by atoms with E-state index in [9.17, 15) is 5.11 Å². The summed E-state index contributed by atoms with van der Waals surface area (Å²) in [5, 5.41) is 14.6. The van der Waals surface area contributed by atoms with Crippen molar-refractivity contribution in [2.75, 3.05) is 7.11 Å². The molecule has 1 heterocycles. The van der Waals surface area contributed by atoms with Crippen LogP contribution < -0.4 is 14.5 Å². The number of hydrogen-bond acceptors (Lipinski definition) is 4. The minimum absolute atomic E-state index is 0.257. The maximum Gasteiger partial charge on any atom is 0.305 e. The van der Waals surface area contributed by atoms with E-state index in [4.69, 9.17) is 4.74 Å². The van der Waals surface area contributed by atoms with Gasteiger partial charge in [0.1, 0.15) is 5.75 Å². The van der Waals surface area contributed by atoms with Crippen molar-refractivity contribution in [3.63, 3.8) is 0 Å². The third-order valence-corrected chi connectivity index (χ3v) is 2.54. The second-order valence-corrected chi connectivity index (χ2v) is 3.51. The molecule has 0 radical (unpaired) electrons. The van der Waals surface area contributed by atoms with E-state index in [1.165, 1.54) is 4.68 Å². The molecule has 0 fully saturated rings. The molecule has 2 aromatic rings. The standard InChI is InChI=1S/C9H7BrN2O3/c1-14-7-4-2-6(3-5-7)12-8(10)9(13)15-11-12/h2-5H,1H3. The van der Waals surface area contributed by atoms with Crippen molar-refractivity contribution in [3.8, 4) is 17.4 Å². The van der Waals surface area contributed by atoms with Gasteiger partial charge in [-0.25, -0.2) is 0 Å². The second-order valence-electron chi connectivity index (χ2n) is 2.76. The number of hydrogen-bond donors (Lipinski definition) is 0. The van der Waals surface area contributed by atoms with E-state index in [-0.39, 0.29) is 4.60 Å². The topological polar surface area (TPSA) is 62.2 Å². The summed E-state index contributed by atoms with van der Waals surface area (Å²) in [7, 11) is 1.59. The summed E-state index contributed by atoms with van der Waals surface area (Å²) < 4.78 is 11.1. The highest BCUT2D eigenvalue weighted by Crippen LogP contribution is 2.17. The molecule has 0 spiro atoms. The van der Waals surface area contributed by atoms with Crippen molar-refractivity contribution >= 4 is 15.9 Å². The molecule has 0 unspecified atom stereocenters. The van der Waals surface area contributed by atoms with E-state index in [1.54, 1.807) is 31.4 Å². The molecule has 1 aromatic carbocycles. The highest BCUT2D eigenvalue weighted by Gasteiger charge is 2.16. The van der Waals surface area contributed by atoms with Gasteiger partial charge in [0.2, 0.25) is 5.69 Å². The van der Waals surface area contributed by atoms with Crippen LogP contribution >= 0.6 is 15.9 Å². The van der Waals surface area contributed by atoms with Crippen LogP contribution in [-0.2, 0) is 0 Å². The normalized spacial score (nSPS) is 10.3. The van der Waals surface area contributed by atoms with Gasteiger partial charge in [-0.05, 0) is 16.8 Å². The SMILES string of the molecule is COc1ccc(-[n+]2noc([O-])c2Br)cc1. The molecule has 5 nitrogen and oxygen atoms in total. The lowest BCUT2D eigenvalue weighted by atomic mass is 10.3. The lowest BCUT2D eigenvalue weighted by Gasteiger charge is -1.96. The van der Waals surface area contributed by atoms with Gasteiger partial charge in [0.05, 0.1) is 12.4 Å². The van der Waals surface area contributed by atoms with Crippen LogP contribution in [0.4, 0.5) is 0 Å². The minimum atomic E-state index is -0.509. The minimum Gasteiger partial charge on any atom is -0.538 e. The van der Waals surface area contributed by atoms with Gasteiger partial charge in [-0.1, -0.05) is 0 Å². The van der Waals surface area contributed by atoms with Crippen LogP contribution in [0.25, 0.3) is 5.69 Å². The maximum atomic E-state index is 11.0. The Morgan fingerprint density at radius 2 is 2.07 bits per heavy atom. The summed E-state index contributed by atoms with van der Waals surface area (Å²) in [6.45, 7) is 0. The molecule has 0 saturated carbocycles. The van der Waals surface area contributed by atoms with Crippen molar-refractivity contribution in [2.45, 2.75) is 0 Å². The van der Waals surface area contributed by atoms with Gasteiger partial charge in [0, 0.05) is 28.1 Å². The van der Waals surface area contributed by atoms with Crippen LogP contribution in [0, 0.1) is 0 Å². The monoisotopic (exact) mass is 270 g/mol. The molecule has 0 amide bonds. The molecule has 0 N–H and O–H groups in total. The number of halogens is 1. The second kappa shape index (κ2) is 3.90. The number of methoxy groups -OCH3 is 1. The van der Waals surface area contributed by atoms with Crippen LogP contribution in [0.3, 0.4) is 0 Å². The average molecular weight is 271 g/mol. The number of benzene rings is 1. The zero-order valence-corrected chi connectivity index (χ0v) is 9.39. The van der Waals surface area contributed by atoms with Crippen LogP contribution in [0.5, 0.6) is 11.7 Å². The van der Waals surface area contributed by atoms with Crippen LogP contribution in [0.1, 0.15) is 0 Å². The van der Waals surface area contributed by atoms with Gasteiger partial charge >= 0.3 is 4.60 Å². The van der Waals surface area contributed by atoms with Gasteiger partial charge in [0.15, 0.2) is 5.95 Å². The highest BCUT2D eigenvalue weighted by molar-refractivity contribution is 9.10. The number of ether oxygens (including phenoxy) is 1. The highest BCUT2D eigenvalue weighted by atomic mass is 79.9. The first-order valence-electron chi connectivity index (χ1n) is 4.11. The zero-order valence-electron chi connectivity index (χ0n) is 7.81. The molecular formula is C9H7BrN2O3. The molecule has 78 valence electrons. The maximum absolute atomic E-state index is 11.0. The van der Waals surface area contributed by atoms with E-state index >= 15 is 0 Å². The average Bonchev–Trinajstić information content (AvgIpc) is 2.60. The molecule has 2 rings (SSSR count). The molecule has 0 aliphatic carbocycles. The first-order valence-corrected chi connectivity index (χ1v) is 4.90. The molecule has 6 heteroatoms. The molecule has 0 saturated heterocycles. The smallest absolute Gasteiger partial charge is 0.305 e. The Labute approximate surface area is 94.0 Å². The number of nitrogens with zero attached hydrogens (tertiary/aromatic N) is 2. The first-order chi connectivity index (χ1) is 7.22. The third-order valence-electron chi connectivity index (χ3n) is 1.88. The fourth-order valence-corrected chi connectivity index (χ4v) is 1.46. The number of aromatic nitrogens is 2. The summed E-state index contributed by atoms with van der Waals surface area (Å²) >= 11 is 3.09. The van der Waals surface area contributed by atoms with Gasteiger partial charge in [-0.3, -0.25) is 0 Å². The predicted octanol–water partition coefficient (Wildman–Crippen LogP) is 0.796. The summed E-state index contributed by atoms with van der Waals surface area (Å²) in [5.41, 5.74) is 0.716. The predicted molar refractivity (Wildman–Crippen MR) is 51.7 cm³/mol. The zero-order chi connectivity index (χ0) is 10.8. The van der Waals surface area contributed by atoms with Crippen molar-refractivity contribution in [1.82, 2.24) is 5.27 Å². The summed E-state index contributed by atoms with van der Waals surface area (Å²) in [4.78, 5) is 0. The van der Waals surface area contributed by atoms with E-state index in [1.807, 2.05) is 0 Å². The molecule has 1 aromatic heterocycles. The fourth-order valence-electron chi connectivity index (χ4n) is 1.12. The van der Waals surface area contributed by atoms with Gasteiger partial charge in [-0.2, -0.15) is 0 Å². The Morgan fingerprint density at radius 1 is 1.40 bits per heavy atom. The fraction of sp³-hybridized carbons (Fsp3) is 0.111. The third kappa shape index (κ3) is 1.80. The summed E-state index contributed by atoms with van der Waals surface area (Å²) in [6.07, 6.45) is 0. The largest absolute Gasteiger partial charge is 0.538 e. The molecule has 0 aliphatic rings. The lowest BCUT2D eigenvalue weighted by Crippen LogP contribution is -2.33. The Morgan fingerprint density at radius 3 is 2.53 bits per heavy atom. The van der Waals surface area contributed by atoms with E-state index < -0.39 is 5.95 Å². The summed E-state index contributed by atoms with van der Waals surface area (Å²) in [5.74, 6) is 0.229. The molecule has 0 aliphatic heterocycles. The molecular weight excluding hydrogens is 264 g/mol. The van der Waals surface area contributed by atoms with Crippen molar-refractivity contribution in [2.24, 2.45) is 0 Å². The Hall–Kier alpha value is -1.56. The molecule has 0 atom stereocenters. The number of rotatable bonds is 2. The Kier molecular flexibility index (Phi) is 2.59. The summed E-state index contributed by atoms with van der Waals surface area (Å²) in [6, 6.07) is 7.08. The van der Waals surface area contributed by atoms with Gasteiger partial charge in [0.25, 0.3) is 0 Å². The van der Waals surface area contributed by atoms with Crippen LogP contribution in [0.2, 0.25) is 0 Å². The van der Waals surface area contributed by atoms with Crippen molar-refractivity contribution < 1.29 is 19.0 Å². The Bertz CT molecular complexity index is 467. The molecule has 0 bridgehead atoms. The van der Waals surface area contributed by atoms with Crippen LogP contribution in [-0.4, -0.2) is 12.4 Å². The van der Waals surface area contributed by atoms with E-state index in [2.05, 4.69) is 25.7 Å². The van der Waals surface area contributed by atoms with Crippen LogP contribution in [0.15, 0.2) is 33.4 Å². The molecule has 15 heavy (non-hydrogen) atoms. The van der Waals surface area contributed by atoms with Gasteiger partial charge < -0.3 is 14.4 Å². The van der Waals surface area contributed by atoms with Crippen molar-refractivity contribution in [1.29, 1.82) is 0 Å². The van der Waals surface area contributed by atoms with Crippen molar-refractivity contribution in [3.05, 3.63) is 28.9 Å². The quantitative estimate of drug-likeness (QED) is 0.758. The van der Waals surface area contributed by atoms with E-state index in [0.29, 0.717) is 5.69 Å². The Balaban J connectivity index is 2.41. The van der Waals surface area contributed by atoms with E-state index in [0.717, 1.165) is 5.75 Å².